The van der Waals surface area contributed by atoms with Gasteiger partial charge in [0.15, 0.2) is 9.84 Å². The van der Waals surface area contributed by atoms with Crippen molar-refractivity contribution >= 4 is 27.5 Å². The highest BCUT2D eigenvalue weighted by atomic mass is 32.2. The van der Waals surface area contributed by atoms with Crippen LogP contribution in [0.3, 0.4) is 0 Å². The number of benzene rings is 2. The van der Waals surface area contributed by atoms with Gasteiger partial charge in [0.05, 0.1) is 11.5 Å². The summed E-state index contributed by atoms with van der Waals surface area (Å²) in [6.07, 6.45) is 0.415. The van der Waals surface area contributed by atoms with E-state index in [2.05, 4.69) is 10.6 Å². The number of sulfone groups is 1. The minimum Gasteiger partial charge on any atom is -0.337 e. The predicted molar refractivity (Wildman–Crippen MR) is 108 cm³/mol. The average Bonchev–Trinajstić information content (AvgIpc) is 3.00. The zero-order valence-corrected chi connectivity index (χ0v) is 16.4. The molecule has 1 heterocycles. The molecule has 0 bridgehead atoms. The Bertz CT molecular complexity index is 960. The van der Waals surface area contributed by atoms with Gasteiger partial charge in [-0.1, -0.05) is 36.4 Å². The van der Waals surface area contributed by atoms with Gasteiger partial charge in [0, 0.05) is 30.9 Å². The summed E-state index contributed by atoms with van der Waals surface area (Å²) in [5.74, 6) is -0.103. The minimum atomic E-state index is -3.06. The zero-order valence-electron chi connectivity index (χ0n) is 15.6. The molecule has 1 atom stereocenters. The Morgan fingerprint density at radius 1 is 1.11 bits per heavy atom. The standard InChI is InChI=1S/C20H23N3O4S/c1-23(13-15-6-3-2-4-7-15)19(24)16-8-5-9-17(12-16)21-20(25)22-18-10-11-28(26,27)14-18/h2-9,12,18H,10-11,13-14H2,1H3,(H2,21,22,25)/t18-/m1/s1. The van der Waals surface area contributed by atoms with E-state index in [1.165, 1.54) is 0 Å². The van der Waals surface area contributed by atoms with Crippen LogP contribution in [0.25, 0.3) is 0 Å². The largest absolute Gasteiger partial charge is 0.337 e. The van der Waals surface area contributed by atoms with Gasteiger partial charge in [0.25, 0.3) is 5.91 Å². The van der Waals surface area contributed by atoms with Crippen LogP contribution < -0.4 is 10.6 Å². The number of rotatable bonds is 5. The number of amides is 3. The van der Waals surface area contributed by atoms with Crippen molar-refractivity contribution in [3.63, 3.8) is 0 Å². The van der Waals surface area contributed by atoms with Gasteiger partial charge in [0.2, 0.25) is 0 Å². The molecule has 0 spiro atoms. The van der Waals surface area contributed by atoms with Crippen LogP contribution in [0.15, 0.2) is 54.6 Å². The predicted octanol–water partition coefficient (Wildman–Crippen LogP) is 2.27. The van der Waals surface area contributed by atoms with E-state index in [-0.39, 0.29) is 23.5 Å². The maximum atomic E-state index is 12.7. The summed E-state index contributed by atoms with van der Waals surface area (Å²) in [4.78, 5) is 26.4. The van der Waals surface area contributed by atoms with Crippen molar-refractivity contribution in [1.82, 2.24) is 10.2 Å². The number of urea groups is 1. The van der Waals surface area contributed by atoms with E-state index in [1.54, 1.807) is 36.2 Å². The van der Waals surface area contributed by atoms with Crippen LogP contribution in [-0.4, -0.2) is 49.9 Å². The lowest BCUT2D eigenvalue weighted by Gasteiger charge is -2.18. The normalized spacial score (nSPS) is 17.7. The Kier molecular flexibility index (Phi) is 5.99. The molecule has 2 aromatic carbocycles. The van der Waals surface area contributed by atoms with Gasteiger partial charge >= 0.3 is 6.03 Å². The molecule has 0 aliphatic carbocycles. The van der Waals surface area contributed by atoms with Gasteiger partial charge in [-0.2, -0.15) is 0 Å². The molecule has 28 heavy (non-hydrogen) atoms. The van der Waals surface area contributed by atoms with Crippen LogP contribution in [0.4, 0.5) is 10.5 Å². The SMILES string of the molecule is CN(Cc1ccccc1)C(=O)c1cccc(NC(=O)N[C@@H]2CCS(=O)(=O)C2)c1. The van der Waals surface area contributed by atoms with Crippen molar-refractivity contribution < 1.29 is 18.0 Å². The van der Waals surface area contributed by atoms with E-state index in [0.717, 1.165) is 5.56 Å². The molecule has 0 aromatic heterocycles. The summed E-state index contributed by atoms with van der Waals surface area (Å²) in [7, 11) is -1.34. The van der Waals surface area contributed by atoms with Crippen molar-refractivity contribution in [2.24, 2.45) is 0 Å². The first kappa shape index (κ1) is 19.9. The van der Waals surface area contributed by atoms with Crippen LogP contribution in [0.5, 0.6) is 0 Å². The molecule has 8 heteroatoms. The Morgan fingerprint density at radius 3 is 2.54 bits per heavy atom. The van der Waals surface area contributed by atoms with E-state index in [1.807, 2.05) is 30.3 Å². The first-order chi connectivity index (χ1) is 13.3. The van der Waals surface area contributed by atoms with Crippen molar-refractivity contribution in [2.45, 2.75) is 19.0 Å². The molecule has 0 saturated carbocycles. The fraction of sp³-hybridized carbons (Fsp3) is 0.300. The number of hydrogen-bond acceptors (Lipinski definition) is 4. The van der Waals surface area contributed by atoms with Crippen molar-refractivity contribution in [2.75, 3.05) is 23.9 Å². The van der Waals surface area contributed by atoms with E-state index in [0.29, 0.717) is 24.2 Å². The van der Waals surface area contributed by atoms with Crippen molar-refractivity contribution in [3.05, 3.63) is 65.7 Å². The van der Waals surface area contributed by atoms with Gasteiger partial charge in [-0.3, -0.25) is 4.79 Å². The fourth-order valence-electron chi connectivity index (χ4n) is 3.14. The Balaban J connectivity index is 1.60. The molecule has 3 amide bonds. The van der Waals surface area contributed by atoms with Crippen LogP contribution in [0.1, 0.15) is 22.3 Å². The number of nitrogens with one attached hydrogen (secondary N) is 2. The second-order valence-corrected chi connectivity index (χ2v) is 9.15. The monoisotopic (exact) mass is 401 g/mol. The highest BCUT2D eigenvalue weighted by molar-refractivity contribution is 7.91. The molecule has 0 unspecified atom stereocenters. The molecule has 1 fully saturated rings. The summed E-state index contributed by atoms with van der Waals surface area (Å²) in [5.41, 5.74) is 1.95. The lowest BCUT2D eigenvalue weighted by molar-refractivity contribution is 0.0785. The van der Waals surface area contributed by atoms with Crippen LogP contribution >= 0.6 is 0 Å². The number of carbonyl (C=O) groups excluding carboxylic acids is 2. The van der Waals surface area contributed by atoms with Crippen molar-refractivity contribution in [1.29, 1.82) is 0 Å². The number of hydrogen-bond donors (Lipinski definition) is 2. The smallest absolute Gasteiger partial charge is 0.319 e. The molecule has 2 aromatic rings. The third kappa shape index (κ3) is 5.32. The van der Waals surface area contributed by atoms with E-state index in [4.69, 9.17) is 0 Å². The van der Waals surface area contributed by atoms with Crippen LogP contribution in [0, 0.1) is 0 Å². The lowest BCUT2D eigenvalue weighted by atomic mass is 10.1. The highest BCUT2D eigenvalue weighted by Gasteiger charge is 2.28. The quantitative estimate of drug-likeness (QED) is 0.803. The van der Waals surface area contributed by atoms with Gasteiger partial charge in [0.1, 0.15) is 0 Å². The van der Waals surface area contributed by atoms with E-state index < -0.39 is 15.9 Å². The molecule has 0 radical (unpaired) electrons. The summed E-state index contributed by atoms with van der Waals surface area (Å²) in [6.45, 7) is 0.480. The molecule has 1 aliphatic rings. The Hall–Kier alpha value is -2.87. The molecule has 2 N–H and O–H groups in total. The zero-order chi connectivity index (χ0) is 20.1. The number of carbonyl (C=O) groups is 2. The van der Waals surface area contributed by atoms with Crippen LogP contribution in [0.2, 0.25) is 0 Å². The third-order valence-corrected chi connectivity index (χ3v) is 6.31. The first-order valence-electron chi connectivity index (χ1n) is 9.00. The van der Waals surface area contributed by atoms with Gasteiger partial charge < -0.3 is 15.5 Å². The maximum Gasteiger partial charge on any atom is 0.319 e. The summed E-state index contributed by atoms with van der Waals surface area (Å²) < 4.78 is 23.0. The summed E-state index contributed by atoms with van der Waals surface area (Å²) in [6, 6.07) is 15.5. The van der Waals surface area contributed by atoms with Crippen LogP contribution in [-0.2, 0) is 16.4 Å². The van der Waals surface area contributed by atoms with Crippen molar-refractivity contribution in [3.8, 4) is 0 Å². The molecule has 3 rings (SSSR count). The topological polar surface area (TPSA) is 95.6 Å². The minimum absolute atomic E-state index is 0.0385. The molecule has 7 nitrogen and oxygen atoms in total. The molecule has 148 valence electrons. The Labute approximate surface area is 164 Å². The number of anilines is 1. The van der Waals surface area contributed by atoms with Gasteiger partial charge in [-0.05, 0) is 30.2 Å². The molecule has 1 saturated heterocycles. The molecular weight excluding hydrogens is 378 g/mol. The summed E-state index contributed by atoms with van der Waals surface area (Å²) >= 11 is 0. The molecular formula is C20H23N3O4S. The van der Waals surface area contributed by atoms with E-state index >= 15 is 0 Å². The third-order valence-electron chi connectivity index (χ3n) is 4.54. The van der Waals surface area contributed by atoms with E-state index in [9.17, 15) is 18.0 Å². The maximum absolute atomic E-state index is 12.7. The first-order valence-corrected chi connectivity index (χ1v) is 10.8. The van der Waals surface area contributed by atoms with Gasteiger partial charge in [-0.25, -0.2) is 13.2 Å². The fourth-order valence-corrected chi connectivity index (χ4v) is 4.81. The summed E-state index contributed by atoms with van der Waals surface area (Å²) in [5, 5.41) is 5.33. The second kappa shape index (κ2) is 8.43. The average molecular weight is 401 g/mol. The highest BCUT2D eigenvalue weighted by Crippen LogP contribution is 2.15. The Morgan fingerprint density at radius 2 is 1.86 bits per heavy atom. The number of nitrogens with zero attached hydrogens (tertiary/aromatic N) is 1. The molecule has 1 aliphatic heterocycles. The lowest BCUT2D eigenvalue weighted by Crippen LogP contribution is -2.38. The second-order valence-electron chi connectivity index (χ2n) is 6.93. The van der Waals surface area contributed by atoms with Gasteiger partial charge in [-0.15, -0.1) is 0 Å².